The van der Waals surface area contributed by atoms with Crippen LogP contribution in [0, 0.1) is 34.5 Å². The maximum absolute atomic E-state index is 15.4. The minimum Gasteiger partial charge on any atom is -0.299 e. The Hall–Kier alpha value is 0.450. The van der Waals surface area contributed by atoms with Gasteiger partial charge in [0.25, 0.3) is 0 Å². The molecule has 6 heteroatoms. The van der Waals surface area contributed by atoms with Gasteiger partial charge in [-0.25, -0.2) is 4.39 Å². The first kappa shape index (κ1) is 20.7. The standard InChI is InChI=1S/C21H26Br3FO2/c1-10-15(23)17(27)16(25)18-20(10,3)13-6-7-19(2)12(4-5-14(19)26)11(13)8-21(18,24)9-22/h10-13,15H,4-9H2,1-3H3/t10-,11-,12-,13-,15?,19-,20+,21?/m0/s1. The van der Waals surface area contributed by atoms with E-state index in [0.29, 0.717) is 40.9 Å². The second-order valence-electron chi connectivity index (χ2n) is 9.62. The molecule has 4 aliphatic carbocycles. The number of ketones is 2. The average molecular weight is 569 g/mol. The molecular weight excluding hydrogens is 543 g/mol. The smallest absolute Gasteiger partial charge is 0.205 e. The summed E-state index contributed by atoms with van der Waals surface area (Å²) in [7, 11) is 0. The van der Waals surface area contributed by atoms with Crippen molar-refractivity contribution in [2.75, 3.05) is 5.33 Å². The molecule has 150 valence electrons. The molecule has 0 spiro atoms. The lowest BCUT2D eigenvalue weighted by molar-refractivity contribution is -0.134. The summed E-state index contributed by atoms with van der Waals surface area (Å²) in [5.41, 5.74) is 0.0347. The van der Waals surface area contributed by atoms with Gasteiger partial charge in [-0.1, -0.05) is 68.6 Å². The van der Waals surface area contributed by atoms with Gasteiger partial charge < -0.3 is 0 Å². The van der Waals surface area contributed by atoms with E-state index in [1.807, 2.05) is 0 Å². The molecule has 2 nitrogen and oxygen atoms in total. The molecule has 0 saturated heterocycles. The summed E-state index contributed by atoms with van der Waals surface area (Å²) < 4.78 is 14.8. The molecule has 2 unspecified atom stereocenters. The van der Waals surface area contributed by atoms with Crippen LogP contribution in [0.15, 0.2) is 11.4 Å². The van der Waals surface area contributed by atoms with Crippen molar-refractivity contribution in [1.82, 2.24) is 0 Å². The first-order valence-electron chi connectivity index (χ1n) is 9.89. The summed E-state index contributed by atoms with van der Waals surface area (Å²) in [4.78, 5) is 24.8. The third-order valence-corrected chi connectivity index (χ3v) is 12.7. The normalized spacial score (nSPS) is 52.5. The molecule has 0 bridgehead atoms. The molecule has 4 aliphatic rings. The molecule has 0 heterocycles. The van der Waals surface area contributed by atoms with E-state index in [9.17, 15) is 9.59 Å². The summed E-state index contributed by atoms with van der Waals surface area (Å²) in [5, 5.41) is 0.561. The second-order valence-corrected chi connectivity index (χ2v) is 12.7. The number of hydrogen-bond acceptors (Lipinski definition) is 2. The number of allylic oxidation sites excluding steroid dienone is 1. The van der Waals surface area contributed by atoms with E-state index in [1.165, 1.54) is 0 Å². The highest BCUT2D eigenvalue weighted by Gasteiger charge is 2.67. The summed E-state index contributed by atoms with van der Waals surface area (Å²) in [5.74, 6) is 0.467. The molecule has 0 aromatic carbocycles. The fraction of sp³-hybridized carbons (Fsp3) is 0.810. The number of alkyl halides is 3. The number of carbonyl (C=O) groups excluding carboxylic acids is 2. The Kier molecular flexibility index (Phi) is 4.96. The van der Waals surface area contributed by atoms with E-state index in [0.717, 1.165) is 25.7 Å². The van der Waals surface area contributed by atoms with Crippen molar-refractivity contribution in [3.8, 4) is 0 Å². The molecular formula is C21H26Br3FO2. The summed E-state index contributed by atoms with van der Waals surface area (Å²) >= 11 is 11.0. The van der Waals surface area contributed by atoms with Crippen LogP contribution >= 0.6 is 47.8 Å². The third-order valence-electron chi connectivity index (χ3n) is 8.75. The molecule has 0 amide bonds. The summed E-state index contributed by atoms with van der Waals surface area (Å²) in [6, 6.07) is 0. The van der Waals surface area contributed by atoms with Gasteiger partial charge in [-0.05, 0) is 54.9 Å². The number of rotatable bonds is 1. The minimum absolute atomic E-state index is 0.00438. The van der Waals surface area contributed by atoms with E-state index >= 15 is 4.39 Å². The van der Waals surface area contributed by atoms with Gasteiger partial charge in [0.05, 0.1) is 9.15 Å². The summed E-state index contributed by atoms with van der Waals surface area (Å²) in [6.07, 6.45) is 4.23. The fourth-order valence-corrected chi connectivity index (χ4v) is 9.36. The van der Waals surface area contributed by atoms with Gasteiger partial charge in [-0.3, -0.25) is 9.59 Å². The van der Waals surface area contributed by atoms with Crippen LogP contribution in [-0.4, -0.2) is 26.0 Å². The van der Waals surface area contributed by atoms with Crippen LogP contribution in [0.3, 0.4) is 0 Å². The van der Waals surface area contributed by atoms with Gasteiger partial charge in [0, 0.05) is 22.6 Å². The van der Waals surface area contributed by atoms with Crippen molar-refractivity contribution in [3.05, 3.63) is 11.4 Å². The third kappa shape index (κ3) is 2.50. The fourth-order valence-electron chi connectivity index (χ4n) is 7.13. The molecule has 0 N–H and O–H groups in total. The zero-order valence-corrected chi connectivity index (χ0v) is 20.7. The van der Waals surface area contributed by atoms with E-state index < -0.39 is 26.2 Å². The Bertz CT molecular complexity index is 752. The Labute approximate surface area is 185 Å². The predicted molar refractivity (Wildman–Crippen MR) is 115 cm³/mol. The van der Waals surface area contributed by atoms with Gasteiger partial charge >= 0.3 is 0 Å². The lowest BCUT2D eigenvalue weighted by atomic mass is 9.43. The first-order valence-corrected chi connectivity index (χ1v) is 12.7. The number of Topliss-reactive ketones (excluding diaryl/α,β-unsaturated/α-hetero) is 2. The Morgan fingerprint density at radius 3 is 2.48 bits per heavy atom. The topological polar surface area (TPSA) is 34.1 Å². The monoisotopic (exact) mass is 566 g/mol. The number of halogens is 4. The highest BCUT2D eigenvalue weighted by Crippen LogP contribution is 2.70. The van der Waals surface area contributed by atoms with Crippen molar-refractivity contribution >= 4 is 59.4 Å². The highest BCUT2D eigenvalue weighted by atomic mass is 79.9. The van der Waals surface area contributed by atoms with Crippen molar-refractivity contribution in [1.29, 1.82) is 0 Å². The molecule has 3 fully saturated rings. The molecule has 0 aromatic heterocycles. The zero-order chi connectivity index (χ0) is 19.9. The summed E-state index contributed by atoms with van der Waals surface area (Å²) in [6.45, 7) is 6.41. The van der Waals surface area contributed by atoms with Crippen LogP contribution in [-0.2, 0) is 9.59 Å². The van der Waals surface area contributed by atoms with Crippen molar-refractivity contribution in [2.24, 2.45) is 34.5 Å². The lowest BCUT2D eigenvalue weighted by Gasteiger charge is -2.63. The maximum atomic E-state index is 15.4. The minimum atomic E-state index is -0.575. The second kappa shape index (κ2) is 6.47. The first-order chi connectivity index (χ1) is 12.5. The average Bonchev–Trinajstić information content (AvgIpc) is 2.93. The highest BCUT2D eigenvalue weighted by molar-refractivity contribution is 9.12. The van der Waals surface area contributed by atoms with E-state index in [2.05, 4.69) is 68.6 Å². The van der Waals surface area contributed by atoms with Gasteiger partial charge in [0.15, 0.2) is 5.83 Å². The van der Waals surface area contributed by atoms with Crippen LogP contribution in [0.4, 0.5) is 4.39 Å². The Morgan fingerprint density at radius 1 is 1.19 bits per heavy atom. The van der Waals surface area contributed by atoms with Crippen LogP contribution < -0.4 is 0 Å². The predicted octanol–water partition coefficient (Wildman–Crippen LogP) is 6.14. The number of hydrogen-bond donors (Lipinski definition) is 0. The largest absolute Gasteiger partial charge is 0.299 e. The van der Waals surface area contributed by atoms with Gasteiger partial charge in [-0.2, -0.15) is 0 Å². The van der Waals surface area contributed by atoms with Crippen molar-refractivity contribution in [2.45, 2.75) is 62.0 Å². The molecule has 27 heavy (non-hydrogen) atoms. The SMILES string of the molecule is C[C@H]1C(Br)C(=O)C(F)=C2C(Br)(CBr)C[C@@H]3[C@H](CC[C@]4(C)C(=O)CC[C@@H]34)[C@]21C. The van der Waals surface area contributed by atoms with E-state index in [-0.39, 0.29) is 11.3 Å². The van der Waals surface area contributed by atoms with Crippen LogP contribution in [0.25, 0.3) is 0 Å². The van der Waals surface area contributed by atoms with Crippen LogP contribution in [0.2, 0.25) is 0 Å². The zero-order valence-electron chi connectivity index (χ0n) is 16.0. The Balaban J connectivity index is 1.90. The van der Waals surface area contributed by atoms with E-state index in [4.69, 9.17) is 0 Å². The molecule has 4 rings (SSSR count). The molecule has 0 aliphatic heterocycles. The van der Waals surface area contributed by atoms with Crippen molar-refractivity contribution < 1.29 is 14.0 Å². The number of fused-ring (bicyclic) bond motifs is 5. The molecule has 3 saturated carbocycles. The van der Waals surface area contributed by atoms with Gasteiger partial charge in [0.2, 0.25) is 5.78 Å². The van der Waals surface area contributed by atoms with Crippen LogP contribution in [0.1, 0.15) is 52.9 Å². The Morgan fingerprint density at radius 2 is 1.85 bits per heavy atom. The van der Waals surface area contributed by atoms with Crippen molar-refractivity contribution in [3.63, 3.8) is 0 Å². The van der Waals surface area contributed by atoms with Crippen LogP contribution in [0.5, 0.6) is 0 Å². The molecule has 0 aromatic rings. The van der Waals surface area contributed by atoms with Gasteiger partial charge in [-0.15, -0.1) is 0 Å². The molecule has 8 atom stereocenters. The lowest BCUT2D eigenvalue weighted by Crippen LogP contribution is -2.61. The maximum Gasteiger partial charge on any atom is 0.205 e. The number of carbonyl (C=O) groups is 2. The molecule has 0 radical (unpaired) electrons. The van der Waals surface area contributed by atoms with Gasteiger partial charge in [0.1, 0.15) is 5.78 Å². The van der Waals surface area contributed by atoms with E-state index in [1.54, 1.807) is 0 Å². The quantitative estimate of drug-likeness (QED) is 0.356.